The molecule has 0 aromatic carbocycles. The number of thiazole rings is 1. The lowest BCUT2D eigenvalue weighted by Crippen LogP contribution is -2.08. The van der Waals surface area contributed by atoms with Crippen LogP contribution in [0.15, 0.2) is 60.6 Å². The Morgan fingerprint density at radius 3 is 2.69 bits per heavy atom. The second-order valence-corrected chi connectivity index (χ2v) is 6.26. The third kappa shape index (κ3) is 3.86. The van der Waals surface area contributed by atoms with Gasteiger partial charge in [0.15, 0.2) is 10.8 Å². The average molecular weight is 361 g/mol. The summed E-state index contributed by atoms with van der Waals surface area (Å²) in [5.74, 6) is 1.25. The maximum absolute atomic E-state index is 4.58. The van der Waals surface area contributed by atoms with Crippen LogP contribution in [0.1, 0.15) is 5.69 Å². The van der Waals surface area contributed by atoms with Gasteiger partial charge in [-0.15, -0.1) is 11.3 Å². The Morgan fingerprint density at radius 1 is 0.923 bits per heavy atom. The lowest BCUT2D eigenvalue weighted by molar-refractivity contribution is 0.952. The molecule has 8 heteroatoms. The molecule has 0 spiro atoms. The smallest absolute Gasteiger partial charge is 0.223 e. The summed E-state index contributed by atoms with van der Waals surface area (Å²) in [5.41, 5.74) is 2.80. The van der Waals surface area contributed by atoms with Crippen LogP contribution in [0.3, 0.4) is 0 Å². The number of pyridine rings is 1. The molecule has 0 bridgehead atoms. The summed E-state index contributed by atoms with van der Waals surface area (Å²) in [6.07, 6.45) is 9.48. The molecule has 4 aromatic rings. The van der Waals surface area contributed by atoms with Crippen molar-refractivity contribution in [3.05, 3.63) is 66.3 Å². The predicted octanol–water partition coefficient (Wildman–Crippen LogP) is 3.11. The first-order valence-electron chi connectivity index (χ1n) is 8.07. The summed E-state index contributed by atoms with van der Waals surface area (Å²) >= 11 is 1.55. The van der Waals surface area contributed by atoms with Crippen LogP contribution in [-0.2, 0) is 6.42 Å². The number of hydrogen-bond donors (Lipinski definition) is 1. The van der Waals surface area contributed by atoms with Gasteiger partial charge in [0.2, 0.25) is 5.95 Å². The molecular formula is C18H15N7S. The molecule has 0 radical (unpaired) electrons. The molecular weight excluding hydrogens is 346 g/mol. The number of rotatable bonds is 6. The Bertz CT molecular complexity index is 973. The van der Waals surface area contributed by atoms with Gasteiger partial charge in [-0.05, 0) is 24.3 Å². The molecule has 0 aliphatic heterocycles. The zero-order valence-corrected chi connectivity index (χ0v) is 14.6. The van der Waals surface area contributed by atoms with E-state index >= 15 is 0 Å². The Hall–Kier alpha value is -3.26. The van der Waals surface area contributed by atoms with E-state index in [1.807, 2.05) is 23.6 Å². The van der Waals surface area contributed by atoms with Crippen molar-refractivity contribution in [3.8, 4) is 22.1 Å². The topological polar surface area (TPSA) is 89.4 Å². The lowest BCUT2D eigenvalue weighted by Gasteiger charge is -2.05. The Balaban J connectivity index is 1.38. The van der Waals surface area contributed by atoms with Crippen LogP contribution in [0, 0.1) is 0 Å². The number of hydrogen-bond acceptors (Lipinski definition) is 8. The van der Waals surface area contributed by atoms with Gasteiger partial charge in [-0.25, -0.2) is 24.9 Å². The van der Waals surface area contributed by atoms with Gasteiger partial charge in [-0.3, -0.25) is 4.98 Å². The minimum Gasteiger partial charge on any atom is -0.354 e. The van der Waals surface area contributed by atoms with Gasteiger partial charge in [0.1, 0.15) is 0 Å². The summed E-state index contributed by atoms with van der Waals surface area (Å²) in [6, 6.07) is 7.53. The van der Waals surface area contributed by atoms with Crippen molar-refractivity contribution < 1.29 is 0 Å². The Kier molecular flexibility index (Phi) is 4.83. The third-order valence-corrected chi connectivity index (χ3v) is 4.47. The van der Waals surface area contributed by atoms with Crippen LogP contribution in [0.2, 0.25) is 0 Å². The molecule has 4 rings (SSSR count). The summed E-state index contributed by atoms with van der Waals surface area (Å²) < 4.78 is 0. The van der Waals surface area contributed by atoms with Crippen LogP contribution >= 0.6 is 11.3 Å². The lowest BCUT2D eigenvalue weighted by atomic mass is 10.2. The molecule has 7 nitrogen and oxygen atoms in total. The Labute approximate surface area is 154 Å². The fourth-order valence-electron chi connectivity index (χ4n) is 2.36. The summed E-state index contributed by atoms with van der Waals surface area (Å²) in [6.45, 7) is 0.690. The summed E-state index contributed by atoms with van der Waals surface area (Å²) in [5, 5.41) is 6.10. The van der Waals surface area contributed by atoms with Crippen LogP contribution in [0.5, 0.6) is 0 Å². The van der Waals surface area contributed by atoms with Crippen molar-refractivity contribution in [3.63, 3.8) is 0 Å². The molecule has 1 N–H and O–H groups in total. The van der Waals surface area contributed by atoms with Gasteiger partial charge in [0.25, 0.3) is 0 Å². The zero-order chi connectivity index (χ0) is 17.6. The molecule has 0 amide bonds. The van der Waals surface area contributed by atoms with E-state index < -0.39 is 0 Å². The van der Waals surface area contributed by atoms with Crippen molar-refractivity contribution in [1.82, 2.24) is 29.9 Å². The minimum atomic E-state index is 0.591. The number of anilines is 1. The van der Waals surface area contributed by atoms with E-state index in [9.17, 15) is 0 Å². The van der Waals surface area contributed by atoms with E-state index in [-0.39, 0.29) is 0 Å². The van der Waals surface area contributed by atoms with Crippen LogP contribution in [0.4, 0.5) is 5.95 Å². The van der Waals surface area contributed by atoms with Gasteiger partial charge in [-0.1, -0.05) is 0 Å². The molecule has 26 heavy (non-hydrogen) atoms. The van der Waals surface area contributed by atoms with Crippen LogP contribution in [0.25, 0.3) is 22.1 Å². The average Bonchev–Trinajstić information content (AvgIpc) is 3.19. The molecule has 0 atom stereocenters. The van der Waals surface area contributed by atoms with Crippen molar-refractivity contribution in [2.45, 2.75) is 6.42 Å². The fraction of sp³-hybridized carbons (Fsp3) is 0.111. The van der Waals surface area contributed by atoms with Crippen molar-refractivity contribution in [2.24, 2.45) is 0 Å². The molecule has 0 aliphatic carbocycles. The van der Waals surface area contributed by atoms with Crippen molar-refractivity contribution in [1.29, 1.82) is 0 Å². The van der Waals surface area contributed by atoms with Crippen molar-refractivity contribution in [2.75, 3.05) is 11.9 Å². The highest BCUT2D eigenvalue weighted by atomic mass is 32.1. The molecule has 0 saturated heterocycles. The maximum atomic E-state index is 4.58. The quantitative estimate of drug-likeness (QED) is 0.564. The van der Waals surface area contributed by atoms with Crippen LogP contribution < -0.4 is 5.32 Å². The molecule has 0 saturated carbocycles. The fourth-order valence-corrected chi connectivity index (χ4v) is 3.15. The van der Waals surface area contributed by atoms with Gasteiger partial charge in [0.05, 0.1) is 11.4 Å². The monoisotopic (exact) mass is 361 g/mol. The standard InChI is InChI=1S/C18H15N7S/c1-3-13(11-19-6-1)15-5-10-23-18(25-15)22-9-4-14-12-26-17(24-14)16-20-7-2-8-21-16/h1-3,5-8,10-12H,4,9H2,(H,22,23,25). The molecule has 4 heterocycles. The first-order valence-corrected chi connectivity index (χ1v) is 8.95. The number of aromatic nitrogens is 6. The van der Waals surface area contributed by atoms with E-state index in [1.54, 1.807) is 48.4 Å². The van der Waals surface area contributed by atoms with E-state index in [2.05, 4.69) is 35.2 Å². The largest absolute Gasteiger partial charge is 0.354 e. The summed E-state index contributed by atoms with van der Waals surface area (Å²) in [7, 11) is 0. The molecule has 0 aliphatic rings. The van der Waals surface area contributed by atoms with Gasteiger partial charge < -0.3 is 5.32 Å². The molecule has 0 unspecified atom stereocenters. The van der Waals surface area contributed by atoms with Crippen molar-refractivity contribution >= 4 is 17.3 Å². The molecule has 0 fully saturated rings. The SMILES string of the molecule is c1cnc(-c2nc(CCNc3nccc(-c4cccnc4)n3)cs2)nc1. The van der Waals surface area contributed by atoms with E-state index in [0.717, 1.165) is 28.4 Å². The first kappa shape index (κ1) is 16.2. The first-order chi connectivity index (χ1) is 12.9. The van der Waals surface area contributed by atoms with Gasteiger partial charge >= 0.3 is 0 Å². The van der Waals surface area contributed by atoms with E-state index in [1.165, 1.54) is 0 Å². The second kappa shape index (κ2) is 7.75. The summed E-state index contributed by atoms with van der Waals surface area (Å²) in [4.78, 5) is 25.9. The highest BCUT2D eigenvalue weighted by Crippen LogP contribution is 2.20. The van der Waals surface area contributed by atoms with Crippen LogP contribution in [-0.4, -0.2) is 36.4 Å². The highest BCUT2D eigenvalue weighted by molar-refractivity contribution is 7.13. The number of nitrogens with zero attached hydrogens (tertiary/aromatic N) is 6. The zero-order valence-electron chi connectivity index (χ0n) is 13.8. The Morgan fingerprint density at radius 2 is 1.85 bits per heavy atom. The highest BCUT2D eigenvalue weighted by Gasteiger charge is 2.07. The predicted molar refractivity (Wildman–Crippen MR) is 101 cm³/mol. The number of nitrogens with one attached hydrogen (secondary N) is 1. The van der Waals surface area contributed by atoms with E-state index in [4.69, 9.17) is 0 Å². The van der Waals surface area contributed by atoms with E-state index in [0.29, 0.717) is 18.3 Å². The molecule has 128 valence electrons. The normalized spacial score (nSPS) is 10.6. The van der Waals surface area contributed by atoms with Gasteiger partial charge in [-0.2, -0.15) is 0 Å². The second-order valence-electron chi connectivity index (χ2n) is 5.40. The molecule has 4 aromatic heterocycles. The third-order valence-electron chi connectivity index (χ3n) is 3.59. The minimum absolute atomic E-state index is 0.591. The maximum Gasteiger partial charge on any atom is 0.223 e. The van der Waals surface area contributed by atoms with Gasteiger partial charge in [0, 0.05) is 54.9 Å².